The van der Waals surface area contributed by atoms with Gasteiger partial charge < -0.3 is 9.84 Å². The van der Waals surface area contributed by atoms with Gasteiger partial charge in [-0.2, -0.15) is 13.2 Å². The van der Waals surface area contributed by atoms with Crippen LogP contribution in [0.2, 0.25) is 0 Å². The largest absolute Gasteiger partial charge is 0.463 e. The normalized spacial score (nSPS) is 14.1. The van der Waals surface area contributed by atoms with E-state index in [9.17, 15) is 18.0 Å². The summed E-state index contributed by atoms with van der Waals surface area (Å²) < 4.78 is 42.0. The first-order valence-electron chi connectivity index (χ1n) is 5.21. The minimum atomic E-state index is -4.63. The molecular weight excluding hydrogens is 249 g/mol. The number of carbonyl (C=O) groups is 1. The minimum absolute atomic E-state index is 0.00765. The van der Waals surface area contributed by atoms with Gasteiger partial charge in [-0.1, -0.05) is 12.2 Å². The number of esters is 1. The van der Waals surface area contributed by atoms with Crippen molar-refractivity contribution < 1.29 is 27.8 Å². The topological polar surface area (TPSA) is 46.5 Å². The Morgan fingerprint density at radius 1 is 1.39 bits per heavy atom. The van der Waals surface area contributed by atoms with Crippen LogP contribution in [-0.4, -0.2) is 30.5 Å². The Balaban J connectivity index is 4.99. The fourth-order valence-corrected chi connectivity index (χ4v) is 0.904. The zero-order valence-electron chi connectivity index (χ0n) is 10.1. The second-order valence-electron chi connectivity index (χ2n) is 3.38. The molecule has 0 rings (SSSR count). The summed E-state index contributed by atoms with van der Waals surface area (Å²) in [4.78, 5) is 11.0. The highest BCUT2D eigenvalue weighted by Crippen LogP contribution is 2.26. The lowest BCUT2D eigenvalue weighted by Gasteiger charge is -2.07. The first kappa shape index (κ1) is 16.4. The molecule has 0 aliphatic heterocycles. The van der Waals surface area contributed by atoms with Gasteiger partial charge in [-0.05, 0) is 25.5 Å². The molecule has 0 saturated carbocycles. The van der Waals surface area contributed by atoms with Gasteiger partial charge in [-0.3, -0.25) is 0 Å². The Labute approximate surface area is 103 Å². The number of allylic oxidation sites excluding steroid dienone is 4. The Morgan fingerprint density at radius 3 is 2.44 bits per heavy atom. The van der Waals surface area contributed by atoms with Crippen LogP contribution in [-0.2, 0) is 9.53 Å². The quantitative estimate of drug-likeness (QED) is 0.471. The van der Waals surface area contributed by atoms with Crippen LogP contribution in [0.25, 0.3) is 0 Å². The molecule has 0 bridgehead atoms. The number of aliphatic hydroxyl groups is 1. The number of hydrogen-bond donors (Lipinski definition) is 1. The van der Waals surface area contributed by atoms with Crippen LogP contribution in [0, 0.1) is 0 Å². The number of halogens is 3. The lowest BCUT2D eigenvalue weighted by atomic mass is 10.2. The lowest BCUT2D eigenvalue weighted by Crippen LogP contribution is -2.13. The van der Waals surface area contributed by atoms with Crippen molar-refractivity contribution in [3.05, 3.63) is 35.5 Å². The molecule has 102 valence electrons. The van der Waals surface area contributed by atoms with E-state index in [1.807, 2.05) is 0 Å². The average molecular weight is 264 g/mol. The van der Waals surface area contributed by atoms with Crippen LogP contribution in [0.15, 0.2) is 35.5 Å². The molecule has 0 radical (unpaired) electrons. The predicted octanol–water partition coefficient (Wildman–Crippen LogP) is 2.53. The molecule has 0 heterocycles. The second-order valence-corrected chi connectivity index (χ2v) is 3.38. The monoisotopic (exact) mass is 264 g/mol. The van der Waals surface area contributed by atoms with E-state index < -0.39 is 17.7 Å². The molecule has 18 heavy (non-hydrogen) atoms. The van der Waals surface area contributed by atoms with Crippen LogP contribution in [0.4, 0.5) is 13.2 Å². The van der Waals surface area contributed by atoms with Crippen LogP contribution in [0.1, 0.15) is 13.8 Å². The molecule has 0 aromatic heterocycles. The molecule has 0 aliphatic rings. The molecule has 0 fully saturated rings. The van der Waals surface area contributed by atoms with Crippen molar-refractivity contribution in [3.63, 3.8) is 0 Å². The van der Waals surface area contributed by atoms with Gasteiger partial charge in [0.15, 0.2) is 0 Å². The number of rotatable bonds is 5. The Bertz CT molecular complexity index is 365. The third kappa shape index (κ3) is 6.90. The summed E-state index contributed by atoms with van der Waals surface area (Å²) in [5, 5.41) is 8.66. The fraction of sp³-hybridized carbons (Fsp3) is 0.417. The number of hydrogen-bond acceptors (Lipinski definition) is 3. The molecule has 0 spiro atoms. The van der Waals surface area contributed by atoms with E-state index in [0.717, 1.165) is 12.2 Å². The maximum Gasteiger partial charge on any atom is 0.416 e. The van der Waals surface area contributed by atoms with Crippen molar-refractivity contribution >= 4 is 5.97 Å². The average Bonchev–Trinajstić information content (AvgIpc) is 2.26. The summed E-state index contributed by atoms with van der Waals surface area (Å²) >= 11 is 0. The highest BCUT2D eigenvalue weighted by Gasteiger charge is 2.32. The molecule has 1 N–H and O–H groups in total. The predicted molar refractivity (Wildman–Crippen MR) is 60.8 cm³/mol. The molecule has 0 amide bonds. The summed E-state index contributed by atoms with van der Waals surface area (Å²) in [5.74, 6) is -1.04. The third-order valence-electron chi connectivity index (χ3n) is 1.79. The van der Waals surface area contributed by atoms with E-state index in [1.54, 1.807) is 6.92 Å². The van der Waals surface area contributed by atoms with Crippen LogP contribution in [0.3, 0.4) is 0 Å². The zero-order valence-corrected chi connectivity index (χ0v) is 10.1. The highest BCUT2D eigenvalue weighted by molar-refractivity contribution is 5.83. The summed E-state index contributed by atoms with van der Waals surface area (Å²) in [5.41, 5.74) is -0.605. The Morgan fingerprint density at radius 2 is 2.00 bits per heavy atom. The van der Waals surface area contributed by atoms with Gasteiger partial charge in [-0.15, -0.1) is 0 Å². The van der Waals surface area contributed by atoms with Crippen molar-refractivity contribution in [1.82, 2.24) is 0 Å². The third-order valence-corrected chi connectivity index (χ3v) is 1.79. The molecule has 3 nitrogen and oxygen atoms in total. The summed E-state index contributed by atoms with van der Waals surface area (Å²) in [6.07, 6.45) is -1.06. The second kappa shape index (κ2) is 7.71. The molecule has 0 aromatic carbocycles. The SMILES string of the molecule is CCOC(=O)\C=C(/C=C/C=C(\C)CO)C(F)(F)F. The molecule has 0 aromatic rings. The van der Waals surface area contributed by atoms with E-state index in [-0.39, 0.29) is 13.2 Å². The summed E-state index contributed by atoms with van der Waals surface area (Å²) in [6, 6.07) is 0. The van der Waals surface area contributed by atoms with Crippen molar-refractivity contribution in [1.29, 1.82) is 0 Å². The summed E-state index contributed by atoms with van der Waals surface area (Å²) in [6.45, 7) is 2.83. The maximum atomic E-state index is 12.5. The van der Waals surface area contributed by atoms with Gasteiger partial charge in [0, 0.05) is 6.08 Å². The van der Waals surface area contributed by atoms with Gasteiger partial charge in [0.1, 0.15) is 0 Å². The zero-order chi connectivity index (χ0) is 14.2. The van der Waals surface area contributed by atoms with Crippen LogP contribution in [0.5, 0.6) is 0 Å². The smallest absolute Gasteiger partial charge is 0.416 e. The van der Waals surface area contributed by atoms with Gasteiger partial charge >= 0.3 is 12.1 Å². The van der Waals surface area contributed by atoms with E-state index in [1.165, 1.54) is 13.0 Å². The van der Waals surface area contributed by atoms with Gasteiger partial charge in [0.05, 0.1) is 18.8 Å². The maximum absolute atomic E-state index is 12.5. The first-order valence-corrected chi connectivity index (χ1v) is 5.21. The molecule has 0 aliphatic carbocycles. The number of ether oxygens (including phenoxy) is 1. The van der Waals surface area contributed by atoms with Crippen LogP contribution >= 0.6 is 0 Å². The molecule has 0 saturated heterocycles. The Kier molecular flexibility index (Phi) is 7.04. The number of aliphatic hydroxyl groups excluding tert-OH is 1. The van der Waals surface area contributed by atoms with Gasteiger partial charge in [0.2, 0.25) is 0 Å². The van der Waals surface area contributed by atoms with Gasteiger partial charge in [-0.25, -0.2) is 4.79 Å². The van der Waals surface area contributed by atoms with Crippen molar-refractivity contribution in [2.24, 2.45) is 0 Å². The number of alkyl halides is 3. The van der Waals surface area contributed by atoms with E-state index in [0.29, 0.717) is 11.6 Å². The standard InChI is InChI=1S/C12H15F3O3/c1-3-18-11(17)7-10(12(13,14)15)6-4-5-9(2)8-16/h4-7,16H,3,8H2,1-2H3/b6-4+,9-5+,10-7+. The number of carbonyl (C=O) groups excluding carboxylic acids is 1. The molecule has 0 unspecified atom stereocenters. The van der Waals surface area contributed by atoms with E-state index in [4.69, 9.17) is 5.11 Å². The molecular formula is C12H15F3O3. The van der Waals surface area contributed by atoms with E-state index >= 15 is 0 Å². The highest BCUT2D eigenvalue weighted by atomic mass is 19.4. The van der Waals surface area contributed by atoms with Gasteiger partial charge in [0.25, 0.3) is 0 Å². The summed E-state index contributed by atoms with van der Waals surface area (Å²) in [7, 11) is 0. The lowest BCUT2D eigenvalue weighted by molar-refractivity contribution is -0.138. The fourth-order valence-electron chi connectivity index (χ4n) is 0.904. The molecule has 0 atom stereocenters. The molecule has 6 heteroatoms. The minimum Gasteiger partial charge on any atom is -0.463 e. The van der Waals surface area contributed by atoms with E-state index in [2.05, 4.69) is 4.74 Å². The van der Waals surface area contributed by atoms with Crippen molar-refractivity contribution in [3.8, 4) is 0 Å². The Hall–Kier alpha value is -1.56. The van der Waals surface area contributed by atoms with Crippen molar-refractivity contribution in [2.45, 2.75) is 20.0 Å². The van der Waals surface area contributed by atoms with Crippen molar-refractivity contribution in [2.75, 3.05) is 13.2 Å². The van der Waals surface area contributed by atoms with Crippen LogP contribution < -0.4 is 0 Å². The first-order chi connectivity index (χ1) is 8.31.